The summed E-state index contributed by atoms with van der Waals surface area (Å²) in [5, 5.41) is 0. The molecule has 1 rings (SSSR count). The molecular weight excluding hydrogens is 227 g/mol. The summed E-state index contributed by atoms with van der Waals surface area (Å²) in [6.45, 7) is 1.89. The summed E-state index contributed by atoms with van der Waals surface area (Å²) < 4.78 is 38.4. The third kappa shape index (κ3) is 3.39. The number of halogens is 4. The second-order valence-electron chi connectivity index (χ2n) is 3.18. The number of hydrogen-bond acceptors (Lipinski definition) is 1. The van der Waals surface area contributed by atoms with Gasteiger partial charge in [-0.15, -0.1) is 12.4 Å². The maximum Gasteiger partial charge on any atom is 0.161 e. The molecule has 0 spiro atoms. The minimum Gasteiger partial charge on any atom is -0.324 e. The highest BCUT2D eigenvalue weighted by atomic mass is 35.5. The van der Waals surface area contributed by atoms with Gasteiger partial charge in [0.25, 0.3) is 0 Å². The van der Waals surface area contributed by atoms with Gasteiger partial charge in [-0.05, 0) is 12.5 Å². The average Bonchev–Trinajstić information content (AvgIpc) is 2.11. The van der Waals surface area contributed by atoms with Crippen LogP contribution in [0.5, 0.6) is 0 Å². The third-order valence-electron chi connectivity index (χ3n) is 2.04. The average molecular weight is 240 g/mol. The first-order valence-corrected chi connectivity index (χ1v) is 4.46. The first-order valence-electron chi connectivity index (χ1n) is 4.46. The van der Waals surface area contributed by atoms with Crippen molar-refractivity contribution < 1.29 is 13.2 Å². The van der Waals surface area contributed by atoms with Gasteiger partial charge in [0.2, 0.25) is 0 Å². The molecule has 0 saturated heterocycles. The topological polar surface area (TPSA) is 26.0 Å². The van der Waals surface area contributed by atoms with Crippen molar-refractivity contribution in [3.05, 3.63) is 35.1 Å². The molecule has 0 fully saturated rings. The van der Waals surface area contributed by atoms with E-state index in [0.29, 0.717) is 12.5 Å². The minimum absolute atomic E-state index is 0. The van der Waals surface area contributed by atoms with Crippen LogP contribution in [0.1, 0.15) is 31.4 Å². The zero-order valence-electron chi connectivity index (χ0n) is 8.27. The second kappa shape index (κ2) is 5.98. The lowest BCUT2D eigenvalue weighted by atomic mass is 10.0. The Hall–Kier alpha value is -0.740. The molecule has 0 aliphatic heterocycles. The van der Waals surface area contributed by atoms with Gasteiger partial charge in [0, 0.05) is 17.7 Å². The molecule has 0 aromatic heterocycles. The molecule has 0 radical (unpaired) electrons. The highest BCUT2D eigenvalue weighted by Crippen LogP contribution is 2.21. The van der Waals surface area contributed by atoms with E-state index in [4.69, 9.17) is 5.73 Å². The molecule has 1 nitrogen and oxygen atoms in total. The van der Waals surface area contributed by atoms with Crippen LogP contribution >= 0.6 is 12.4 Å². The van der Waals surface area contributed by atoms with Crippen LogP contribution in [0.4, 0.5) is 13.2 Å². The van der Waals surface area contributed by atoms with Crippen LogP contribution in [0.25, 0.3) is 0 Å². The lowest BCUT2D eigenvalue weighted by molar-refractivity contribution is 0.480. The Morgan fingerprint density at radius 3 is 2.20 bits per heavy atom. The quantitative estimate of drug-likeness (QED) is 0.805. The van der Waals surface area contributed by atoms with Crippen molar-refractivity contribution in [2.45, 2.75) is 25.8 Å². The molecule has 0 saturated carbocycles. The number of hydrogen-bond donors (Lipinski definition) is 1. The third-order valence-corrected chi connectivity index (χ3v) is 2.04. The highest BCUT2D eigenvalue weighted by molar-refractivity contribution is 5.85. The van der Waals surface area contributed by atoms with Gasteiger partial charge in [0.15, 0.2) is 11.6 Å². The Morgan fingerprint density at radius 1 is 1.13 bits per heavy atom. The zero-order chi connectivity index (χ0) is 10.7. The Morgan fingerprint density at radius 2 is 1.67 bits per heavy atom. The normalized spacial score (nSPS) is 12.1. The first-order chi connectivity index (χ1) is 6.56. The maximum atomic E-state index is 13.1. The van der Waals surface area contributed by atoms with Crippen molar-refractivity contribution in [1.82, 2.24) is 0 Å². The van der Waals surface area contributed by atoms with Crippen LogP contribution in [0, 0.1) is 17.5 Å². The van der Waals surface area contributed by atoms with E-state index in [1.54, 1.807) is 0 Å². The van der Waals surface area contributed by atoms with Crippen molar-refractivity contribution in [2.75, 3.05) is 0 Å². The fourth-order valence-corrected chi connectivity index (χ4v) is 1.29. The molecular formula is C10H13ClF3N. The Kier molecular flexibility index (Phi) is 5.68. The first kappa shape index (κ1) is 14.3. The molecule has 5 heteroatoms. The fraction of sp³-hybridized carbons (Fsp3) is 0.400. The van der Waals surface area contributed by atoms with Crippen molar-refractivity contribution in [3.63, 3.8) is 0 Å². The number of rotatable bonds is 3. The van der Waals surface area contributed by atoms with E-state index in [2.05, 4.69) is 0 Å². The van der Waals surface area contributed by atoms with E-state index >= 15 is 0 Å². The lowest BCUT2D eigenvalue weighted by Crippen LogP contribution is -2.12. The molecule has 0 aliphatic carbocycles. The van der Waals surface area contributed by atoms with E-state index in [0.717, 1.165) is 12.5 Å². The second-order valence-corrected chi connectivity index (χ2v) is 3.18. The molecule has 2 N–H and O–H groups in total. The maximum absolute atomic E-state index is 13.1. The van der Waals surface area contributed by atoms with Crippen LogP contribution in [-0.2, 0) is 0 Å². The van der Waals surface area contributed by atoms with Crippen molar-refractivity contribution >= 4 is 12.4 Å². The summed E-state index contributed by atoms with van der Waals surface area (Å²) >= 11 is 0. The zero-order valence-corrected chi connectivity index (χ0v) is 9.08. The molecule has 0 amide bonds. The van der Waals surface area contributed by atoms with Gasteiger partial charge < -0.3 is 5.73 Å². The summed E-state index contributed by atoms with van der Waals surface area (Å²) in [5.74, 6) is -3.03. The van der Waals surface area contributed by atoms with Gasteiger partial charge in [-0.1, -0.05) is 13.3 Å². The van der Waals surface area contributed by atoms with Gasteiger partial charge in [-0.3, -0.25) is 0 Å². The molecule has 15 heavy (non-hydrogen) atoms. The standard InChI is InChI=1S/C10H12F3N.ClH/c1-2-3-10(14)6-4-8(12)9(13)5-7(6)11;/h4-5,10H,2-3,14H2,1H3;1H/t10-;/m1./s1. The van der Waals surface area contributed by atoms with Crippen molar-refractivity contribution in [1.29, 1.82) is 0 Å². The van der Waals surface area contributed by atoms with Crippen LogP contribution in [0.15, 0.2) is 12.1 Å². The van der Waals surface area contributed by atoms with E-state index in [1.807, 2.05) is 6.92 Å². The van der Waals surface area contributed by atoms with Crippen LogP contribution < -0.4 is 5.73 Å². The van der Waals surface area contributed by atoms with Crippen LogP contribution in [0.2, 0.25) is 0 Å². The Bertz CT molecular complexity index is 331. The van der Waals surface area contributed by atoms with Gasteiger partial charge in [0.1, 0.15) is 5.82 Å². The van der Waals surface area contributed by atoms with E-state index in [-0.39, 0.29) is 18.0 Å². The summed E-state index contributed by atoms with van der Waals surface area (Å²) in [6.07, 6.45) is 1.31. The SMILES string of the molecule is CCC[C@@H](N)c1cc(F)c(F)cc1F.Cl. The smallest absolute Gasteiger partial charge is 0.161 e. The van der Waals surface area contributed by atoms with Crippen molar-refractivity contribution in [3.8, 4) is 0 Å². The Balaban J connectivity index is 0.00000196. The summed E-state index contributed by atoms with van der Waals surface area (Å²) in [5.41, 5.74) is 5.63. The van der Waals surface area contributed by atoms with Gasteiger partial charge >= 0.3 is 0 Å². The summed E-state index contributed by atoms with van der Waals surface area (Å²) in [4.78, 5) is 0. The van der Waals surface area contributed by atoms with Crippen LogP contribution in [0.3, 0.4) is 0 Å². The molecule has 0 aliphatic rings. The van der Waals surface area contributed by atoms with Gasteiger partial charge in [0.05, 0.1) is 0 Å². The predicted octanol–water partition coefficient (Wildman–Crippen LogP) is 3.33. The molecule has 0 bridgehead atoms. The molecule has 86 valence electrons. The largest absolute Gasteiger partial charge is 0.324 e. The monoisotopic (exact) mass is 239 g/mol. The van der Waals surface area contributed by atoms with Crippen molar-refractivity contribution in [2.24, 2.45) is 5.73 Å². The van der Waals surface area contributed by atoms with Crippen LogP contribution in [-0.4, -0.2) is 0 Å². The minimum atomic E-state index is -1.19. The highest BCUT2D eigenvalue weighted by Gasteiger charge is 2.14. The molecule has 1 aromatic carbocycles. The van der Waals surface area contributed by atoms with E-state index < -0.39 is 23.5 Å². The molecule has 1 aromatic rings. The fourth-order valence-electron chi connectivity index (χ4n) is 1.29. The Labute approximate surface area is 92.9 Å². The molecule has 0 unspecified atom stereocenters. The number of nitrogens with two attached hydrogens (primary N) is 1. The van der Waals surface area contributed by atoms with E-state index in [9.17, 15) is 13.2 Å². The molecule has 0 heterocycles. The van der Waals surface area contributed by atoms with Gasteiger partial charge in [-0.2, -0.15) is 0 Å². The number of benzene rings is 1. The predicted molar refractivity (Wildman–Crippen MR) is 55.4 cm³/mol. The summed E-state index contributed by atoms with van der Waals surface area (Å²) in [6, 6.07) is 0.778. The summed E-state index contributed by atoms with van der Waals surface area (Å²) in [7, 11) is 0. The van der Waals surface area contributed by atoms with Gasteiger partial charge in [-0.25, -0.2) is 13.2 Å². The molecule has 1 atom stereocenters. The van der Waals surface area contributed by atoms with E-state index in [1.165, 1.54) is 0 Å². The lowest BCUT2D eigenvalue weighted by Gasteiger charge is -2.11.